The summed E-state index contributed by atoms with van der Waals surface area (Å²) in [5.74, 6) is -0.686. The van der Waals surface area contributed by atoms with Gasteiger partial charge >= 0.3 is 24.3 Å². The number of benzene rings is 2. The maximum atomic E-state index is 14.3. The van der Waals surface area contributed by atoms with Gasteiger partial charge in [0.15, 0.2) is 6.10 Å². The average molecular weight is 875 g/mol. The van der Waals surface area contributed by atoms with E-state index in [-0.39, 0.29) is 66.3 Å². The van der Waals surface area contributed by atoms with Gasteiger partial charge < -0.3 is 40.1 Å². The molecular formula is C43H58ClF3N8O6. The summed E-state index contributed by atoms with van der Waals surface area (Å²) < 4.78 is 53.3. The fourth-order valence-corrected chi connectivity index (χ4v) is 10.0. The van der Waals surface area contributed by atoms with Crippen molar-refractivity contribution < 1.29 is 41.8 Å². The van der Waals surface area contributed by atoms with E-state index in [1.165, 1.54) is 11.0 Å². The van der Waals surface area contributed by atoms with Crippen LogP contribution in [0.2, 0.25) is 5.02 Å². The van der Waals surface area contributed by atoms with Crippen molar-refractivity contribution in [3.05, 3.63) is 58.1 Å². The van der Waals surface area contributed by atoms with Gasteiger partial charge in [-0.15, -0.1) is 0 Å². The minimum Gasteiger partial charge on any atom is -0.465 e. The summed E-state index contributed by atoms with van der Waals surface area (Å²) >= 11 is 6.17. The molecule has 3 atom stereocenters. The van der Waals surface area contributed by atoms with Crippen LogP contribution >= 0.6 is 11.6 Å². The molecule has 2 bridgehead atoms. The fourth-order valence-electron chi connectivity index (χ4n) is 9.79. The molecule has 4 amide bonds. The minimum atomic E-state index is -4.79. The molecule has 2 aromatic carbocycles. The Bertz CT molecular complexity index is 1890. The van der Waals surface area contributed by atoms with E-state index >= 15 is 0 Å². The number of rotatable bonds is 12. The molecule has 3 N–H and O–H groups in total. The molecular weight excluding hydrogens is 817 g/mol. The third-order valence-electron chi connectivity index (χ3n) is 13.1. The van der Waals surface area contributed by atoms with Gasteiger partial charge in [-0.25, -0.2) is 9.59 Å². The smallest absolute Gasteiger partial charge is 0.418 e. The summed E-state index contributed by atoms with van der Waals surface area (Å²) in [5, 5.41) is 2.68. The minimum absolute atomic E-state index is 0.0582. The van der Waals surface area contributed by atoms with Crippen LogP contribution in [0.4, 0.5) is 34.1 Å². The second-order valence-electron chi connectivity index (χ2n) is 17.3. The van der Waals surface area contributed by atoms with Crippen molar-refractivity contribution in [2.24, 2.45) is 0 Å². The first-order valence-corrected chi connectivity index (χ1v) is 21.9. The van der Waals surface area contributed by atoms with Gasteiger partial charge in [-0.3, -0.25) is 19.4 Å². The Morgan fingerprint density at radius 1 is 0.918 bits per heavy atom. The van der Waals surface area contributed by atoms with E-state index < -0.39 is 35.5 Å². The number of para-hydroxylation sites is 1. The number of halogens is 4. The van der Waals surface area contributed by atoms with Gasteiger partial charge in [-0.2, -0.15) is 13.2 Å². The third-order valence-corrected chi connectivity index (χ3v) is 13.4. The van der Waals surface area contributed by atoms with Gasteiger partial charge in [0.25, 0.3) is 5.91 Å². The number of ether oxygens (including phenoxy) is 2. The highest BCUT2D eigenvalue weighted by atomic mass is 35.5. The highest BCUT2D eigenvalue weighted by Gasteiger charge is 2.44. The van der Waals surface area contributed by atoms with Crippen LogP contribution in [0.25, 0.3) is 0 Å². The highest BCUT2D eigenvalue weighted by molar-refractivity contribution is 6.33. The van der Waals surface area contributed by atoms with E-state index in [2.05, 4.69) is 20.0 Å². The number of hydrogen-bond donors (Lipinski definition) is 2. The van der Waals surface area contributed by atoms with Crippen molar-refractivity contribution in [3.8, 4) is 0 Å². The Morgan fingerprint density at radius 2 is 1.61 bits per heavy atom. The number of piperazine rings is 1. The Hall–Kier alpha value is -4.32. The van der Waals surface area contributed by atoms with Gasteiger partial charge in [-0.1, -0.05) is 29.8 Å². The fraction of sp³-hybridized carbons (Fsp3) is 0.628. The number of likely N-dealkylation sites (tertiary alicyclic amines) is 1. The van der Waals surface area contributed by atoms with Gasteiger partial charge in [0.05, 0.1) is 29.4 Å². The number of piperidine rings is 2. The molecule has 18 heteroatoms. The molecule has 7 rings (SSSR count). The zero-order valence-corrected chi connectivity index (χ0v) is 35.8. The molecule has 2 aromatic rings. The van der Waals surface area contributed by atoms with Crippen molar-refractivity contribution in [2.75, 3.05) is 90.7 Å². The number of esters is 1. The van der Waals surface area contributed by atoms with Crippen LogP contribution in [0, 0.1) is 0 Å². The molecule has 0 aliphatic carbocycles. The van der Waals surface area contributed by atoms with Crippen molar-refractivity contribution in [1.29, 1.82) is 0 Å². The molecule has 0 spiro atoms. The number of carbonyl (C=O) groups is 4. The maximum Gasteiger partial charge on any atom is 0.418 e. The summed E-state index contributed by atoms with van der Waals surface area (Å²) in [4.78, 5) is 65.5. The average Bonchev–Trinajstić information content (AvgIpc) is 3.36. The monoisotopic (exact) mass is 874 g/mol. The van der Waals surface area contributed by atoms with E-state index in [1.807, 2.05) is 38.4 Å². The second kappa shape index (κ2) is 19.4. The van der Waals surface area contributed by atoms with Crippen molar-refractivity contribution >= 4 is 47.0 Å². The first-order chi connectivity index (χ1) is 29.1. The predicted molar refractivity (Wildman–Crippen MR) is 224 cm³/mol. The molecule has 5 aliphatic rings. The lowest BCUT2D eigenvalue weighted by atomic mass is 9.95. The summed E-state index contributed by atoms with van der Waals surface area (Å²) in [6, 6.07) is 10.3. The van der Waals surface area contributed by atoms with E-state index in [1.54, 1.807) is 9.80 Å². The molecule has 5 aliphatic heterocycles. The lowest BCUT2D eigenvalue weighted by Crippen LogP contribution is -2.58. The molecule has 2 unspecified atom stereocenters. The maximum absolute atomic E-state index is 14.3. The highest BCUT2D eigenvalue weighted by Crippen LogP contribution is 2.39. The molecule has 0 saturated carbocycles. The van der Waals surface area contributed by atoms with Crippen molar-refractivity contribution in [3.63, 3.8) is 0 Å². The largest absolute Gasteiger partial charge is 0.465 e. The lowest BCUT2D eigenvalue weighted by molar-refractivity contribution is -0.146. The van der Waals surface area contributed by atoms with Gasteiger partial charge in [0.2, 0.25) is 0 Å². The first-order valence-electron chi connectivity index (χ1n) is 21.5. The number of hydrogen-bond acceptors (Lipinski definition) is 10. The Kier molecular flexibility index (Phi) is 14.2. The Balaban J connectivity index is 0.964. The standard InChI is InChI=1S/C43H58ClF3N8O6/c1-50(2)13-5-21-60-38(56)27-55-31-8-9-32(55)26-33(25-31)51-17-19-52(20-18-51)40(57)37(24-28-22-34(43(45,46)47)39(48)35(44)23-28)61-42(59)53-14-11-30(12-15-53)54-16-10-29-6-3-4-7-36(29)49-41(54)58/h3-4,6-7,22-23,30-33,37H,5,8-21,24-27,48H2,1-2H3,(H,49,58)/t31?,32?,33?,37-/m1/s1. The zero-order chi connectivity index (χ0) is 43.4. The van der Waals surface area contributed by atoms with Crippen LogP contribution < -0.4 is 11.1 Å². The topological polar surface area (TPSA) is 144 Å². The summed E-state index contributed by atoms with van der Waals surface area (Å²) in [5.41, 5.74) is 5.86. The van der Waals surface area contributed by atoms with E-state index in [0.29, 0.717) is 65.1 Å². The van der Waals surface area contributed by atoms with Crippen molar-refractivity contribution in [1.82, 2.24) is 29.4 Å². The van der Waals surface area contributed by atoms with Crippen LogP contribution in [-0.2, 0) is 38.1 Å². The first kappa shape index (κ1) is 44.7. The van der Waals surface area contributed by atoms with E-state index in [4.69, 9.17) is 26.8 Å². The second-order valence-corrected chi connectivity index (χ2v) is 17.7. The molecule has 4 saturated heterocycles. The molecule has 0 aromatic heterocycles. The lowest BCUT2D eigenvalue weighted by Gasteiger charge is -2.46. The summed E-state index contributed by atoms with van der Waals surface area (Å²) in [7, 11) is 3.97. The number of anilines is 2. The van der Waals surface area contributed by atoms with E-state index in [0.717, 1.165) is 56.0 Å². The van der Waals surface area contributed by atoms with Crippen LogP contribution in [0.5, 0.6) is 0 Å². The number of nitrogen functional groups attached to an aromatic ring is 1. The molecule has 0 radical (unpaired) electrons. The number of nitrogens with two attached hydrogens (primary N) is 1. The predicted octanol–water partition coefficient (Wildman–Crippen LogP) is 5.18. The van der Waals surface area contributed by atoms with Crippen LogP contribution in [0.3, 0.4) is 0 Å². The van der Waals surface area contributed by atoms with Gasteiger partial charge in [0.1, 0.15) is 0 Å². The number of fused-ring (bicyclic) bond motifs is 3. The third kappa shape index (κ3) is 10.8. The van der Waals surface area contributed by atoms with Crippen LogP contribution in [-0.4, -0.2) is 163 Å². The molecule has 5 heterocycles. The van der Waals surface area contributed by atoms with E-state index in [9.17, 15) is 32.3 Å². The number of amides is 4. The number of nitrogens with zero attached hydrogens (tertiary/aromatic N) is 6. The molecule has 334 valence electrons. The number of carbonyl (C=O) groups excluding carboxylic acids is 4. The summed E-state index contributed by atoms with van der Waals surface area (Å²) in [6.07, 6.45) is -0.986. The van der Waals surface area contributed by atoms with Gasteiger partial charge in [0, 0.05) is 88.6 Å². The molecule has 61 heavy (non-hydrogen) atoms. The Labute approximate surface area is 360 Å². The number of nitrogens with one attached hydrogen (secondary N) is 1. The number of urea groups is 1. The SMILES string of the molecule is CN(C)CCCOC(=O)CN1C2CCC1CC(N1CCN(C(=O)[C@@H](Cc3cc(Cl)c(N)c(C(F)(F)F)c3)OC(=O)N3CCC(N4CCc5ccccc5NC4=O)CC3)CC1)C2. The van der Waals surface area contributed by atoms with Gasteiger partial charge in [-0.05, 0) is 94.8 Å². The molecule has 4 fully saturated rings. The summed E-state index contributed by atoms with van der Waals surface area (Å²) in [6.45, 7) is 4.48. The van der Waals surface area contributed by atoms with Crippen LogP contribution in [0.1, 0.15) is 61.6 Å². The number of alkyl halides is 3. The van der Waals surface area contributed by atoms with Crippen LogP contribution in [0.15, 0.2) is 36.4 Å². The normalized spacial score (nSPS) is 23.4. The quantitative estimate of drug-likeness (QED) is 0.167. The van der Waals surface area contributed by atoms with Crippen molar-refractivity contribution in [2.45, 2.75) is 94.2 Å². The zero-order valence-electron chi connectivity index (χ0n) is 35.0. The molecule has 14 nitrogen and oxygen atoms in total. The Morgan fingerprint density at radius 3 is 2.28 bits per heavy atom.